The third kappa shape index (κ3) is 3.48. The second kappa shape index (κ2) is 7.70. The Morgan fingerprint density at radius 3 is 2.28 bits per heavy atom. The number of nitrogens with zero attached hydrogens (tertiary/aromatic N) is 3. The first-order valence-corrected chi connectivity index (χ1v) is 12.3. The Morgan fingerprint density at radius 2 is 1.66 bits per heavy atom. The van der Waals surface area contributed by atoms with Crippen LogP contribution in [0.25, 0.3) is 21.3 Å². The quantitative estimate of drug-likeness (QED) is 0.519. The molecule has 2 bridgehead atoms. The highest BCUT2D eigenvalue weighted by atomic mass is 32.1. The van der Waals surface area contributed by atoms with Gasteiger partial charge < -0.3 is 10.2 Å². The summed E-state index contributed by atoms with van der Waals surface area (Å²) in [5.74, 6) is -0.562. The third-order valence-electron chi connectivity index (χ3n) is 7.31. The van der Waals surface area contributed by atoms with Crippen molar-refractivity contribution in [3.05, 3.63) is 41.5 Å². The van der Waals surface area contributed by atoms with Crippen LogP contribution >= 0.6 is 11.3 Å². The van der Waals surface area contributed by atoms with Crippen molar-refractivity contribution in [1.82, 2.24) is 15.3 Å². The van der Waals surface area contributed by atoms with Gasteiger partial charge in [0.2, 0.25) is 5.82 Å². The first-order chi connectivity index (χ1) is 15.5. The Balaban J connectivity index is 1.44. The predicted molar refractivity (Wildman–Crippen MR) is 121 cm³/mol. The molecule has 1 aromatic carbocycles. The minimum absolute atomic E-state index is 0.217. The maximum atomic E-state index is 13.7. The molecule has 0 amide bonds. The van der Waals surface area contributed by atoms with Crippen LogP contribution in [0.3, 0.4) is 0 Å². The van der Waals surface area contributed by atoms with Crippen LogP contribution in [-0.4, -0.2) is 34.1 Å². The van der Waals surface area contributed by atoms with Crippen molar-refractivity contribution in [1.29, 1.82) is 0 Å². The largest absolute Gasteiger partial charge is 0.451 e. The SMILES string of the molecule is FC(F)(F)c1nc(N2C3CCC2CC(NC2CCC2)C3)c2c(-c3ccccc3)csc2n1. The van der Waals surface area contributed by atoms with E-state index in [-0.39, 0.29) is 12.1 Å². The molecule has 0 spiro atoms. The van der Waals surface area contributed by atoms with Crippen molar-refractivity contribution >= 4 is 27.4 Å². The zero-order valence-corrected chi connectivity index (χ0v) is 18.4. The second-order valence-corrected chi connectivity index (χ2v) is 10.2. The lowest BCUT2D eigenvalue weighted by molar-refractivity contribution is -0.144. The number of hydrogen-bond donors (Lipinski definition) is 1. The Morgan fingerprint density at radius 1 is 0.938 bits per heavy atom. The van der Waals surface area contributed by atoms with E-state index in [9.17, 15) is 13.2 Å². The number of hydrogen-bond acceptors (Lipinski definition) is 5. The van der Waals surface area contributed by atoms with E-state index >= 15 is 0 Å². The van der Waals surface area contributed by atoms with Crippen LogP contribution in [0.15, 0.2) is 35.7 Å². The molecule has 0 radical (unpaired) electrons. The minimum atomic E-state index is -4.57. The molecule has 3 fully saturated rings. The van der Waals surface area contributed by atoms with Gasteiger partial charge in [0.05, 0.1) is 5.39 Å². The van der Waals surface area contributed by atoms with Gasteiger partial charge in [0.15, 0.2) is 0 Å². The zero-order chi connectivity index (χ0) is 21.9. The summed E-state index contributed by atoms with van der Waals surface area (Å²) in [5.41, 5.74) is 1.90. The second-order valence-electron chi connectivity index (χ2n) is 9.32. The maximum absolute atomic E-state index is 13.7. The van der Waals surface area contributed by atoms with Crippen LogP contribution < -0.4 is 10.2 Å². The molecular weight excluding hydrogens is 433 g/mol. The molecule has 32 heavy (non-hydrogen) atoms. The Hall–Kier alpha value is -2.19. The highest BCUT2D eigenvalue weighted by Crippen LogP contribution is 2.46. The predicted octanol–water partition coefficient (Wildman–Crippen LogP) is 6.02. The number of nitrogens with one attached hydrogen (secondary N) is 1. The van der Waals surface area contributed by atoms with Crippen molar-refractivity contribution in [2.75, 3.05) is 4.90 Å². The summed E-state index contributed by atoms with van der Waals surface area (Å²) in [6.45, 7) is 0. The van der Waals surface area contributed by atoms with Gasteiger partial charge >= 0.3 is 6.18 Å². The Kier molecular flexibility index (Phi) is 4.91. The van der Waals surface area contributed by atoms with Gasteiger partial charge in [-0.2, -0.15) is 13.2 Å². The topological polar surface area (TPSA) is 41.1 Å². The molecule has 1 saturated carbocycles. The minimum Gasteiger partial charge on any atom is -0.350 e. The number of piperidine rings is 1. The summed E-state index contributed by atoms with van der Waals surface area (Å²) < 4.78 is 41.1. The summed E-state index contributed by atoms with van der Waals surface area (Å²) in [6, 6.07) is 11.3. The van der Waals surface area contributed by atoms with Crippen molar-refractivity contribution in [2.24, 2.45) is 0 Å². The molecule has 2 saturated heterocycles. The third-order valence-corrected chi connectivity index (χ3v) is 8.18. The number of alkyl halides is 3. The number of fused-ring (bicyclic) bond motifs is 3. The fourth-order valence-electron chi connectivity index (χ4n) is 5.63. The van der Waals surface area contributed by atoms with Gasteiger partial charge in [-0.3, -0.25) is 0 Å². The monoisotopic (exact) mass is 458 g/mol. The van der Waals surface area contributed by atoms with Crippen molar-refractivity contribution in [3.63, 3.8) is 0 Å². The van der Waals surface area contributed by atoms with E-state index in [2.05, 4.69) is 20.2 Å². The van der Waals surface area contributed by atoms with Gasteiger partial charge in [0, 0.05) is 35.1 Å². The van der Waals surface area contributed by atoms with Gasteiger partial charge in [-0.15, -0.1) is 11.3 Å². The van der Waals surface area contributed by atoms with Gasteiger partial charge in [-0.1, -0.05) is 36.8 Å². The summed E-state index contributed by atoms with van der Waals surface area (Å²) in [7, 11) is 0. The molecule has 1 N–H and O–H groups in total. The van der Waals surface area contributed by atoms with E-state index < -0.39 is 12.0 Å². The number of halogens is 3. The molecule has 2 atom stereocenters. The normalized spacial score (nSPS) is 26.0. The number of rotatable bonds is 4. The lowest BCUT2D eigenvalue weighted by Gasteiger charge is -2.42. The smallest absolute Gasteiger partial charge is 0.350 e. The summed E-state index contributed by atoms with van der Waals surface area (Å²) >= 11 is 1.27. The molecular formula is C24H25F3N4S. The number of benzene rings is 1. The number of thiophene rings is 1. The van der Waals surface area contributed by atoms with Crippen LogP contribution in [-0.2, 0) is 6.18 Å². The molecule has 6 rings (SSSR count). The molecule has 8 heteroatoms. The standard InChI is InChI=1S/C24H25F3N4S/c25-24(26,27)23-29-21(20-19(13-32-22(20)30-23)14-5-2-1-3-6-14)31-17-9-10-18(31)12-16(11-17)28-15-7-4-8-15/h1-3,5-6,13,15-18,28H,4,7-12H2. The molecule has 3 aromatic rings. The van der Waals surface area contributed by atoms with Gasteiger partial charge in [0.1, 0.15) is 10.6 Å². The molecule has 3 aliphatic rings. The highest BCUT2D eigenvalue weighted by Gasteiger charge is 2.44. The van der Waals surface area contributed by atoms with Crippen molar-refractivity contribution in [2.45, 2.75) is 75.3 Å². The van der Waals surface area contributed by atoms with Crippen LogP contribution in [0.2, 0.25) is 0 Å². The van der Waals surface area contributed by atoms with Crippen LogP contribution in [0.1, 0.15) is 50.8 Å². The summed E-state index contributed by atoms with van der Waals surface area (Å²) in [4.78, 5) is 10.7. The lowest BCUT2D eigenvalue weighted by Crippen LogP contribution is -2.53. The average molecular weight is 459 g/mol. The fraction of sp³-hybridized carbons (Fsp3) is 0.500. The van der Waals surface area contributed by atoms with E-state index in [4.69, 9.17) is 0 Å². The number of aromatic nitrogens is 2. The summed E-state index contributed by atoms with van der Waals surface area (Å²) in [5, 5.41) is 6.48. The van der Waals surface area contributed by atoms with E-state index in [0.29, 0.717) is 22.7 Å². The highest BCUT2D eigenvalue weighted by molar-refractivity contribution is 7.17. The lowest BCUT2D eigenvalue weighted by atomic mass is 9.89. The first-order valence-electron chi connectivity index (χ1n) is 11.4. The molecule has 1 aliphatic carbocycles. The molecule has 4 heterocycles. The molecule has 168 valence electrons. The molecule has 2 aliphatic heterocycles. The average Bonchev–Trinajstić information content (AvgIpc) is 3.29. The Labute approximate surface area is 188 Å². The van der Waals surface area contributed by atoms with Gasteiger partial charge in [0.25, 0.3) is 0 Å². The molecule has 4 nitrogen and oxygen atoms in total. The van der Waals surface area contributed by atoms with E-state index in [0.717, 1.165) is 42.2 Å². The molecule has 2 aromatic heterocycles. The zero-order valence-electron chi connectivity index (χ0n) is 17.6. The maximum Gasteiger partial charge on any atom is 0.451 e. The fourth-order valence-corrected chi connectivity index (χ4v) is 6.58. The van der Waals surface area contributed by atoms with Crippen molar-refractivity contribution in [3.8, 4) is 11.1 Å². The van der Waals surface area contributed by atoms with E-state index in [1.807, 2.05) is 35.7 Å². The van der Waals surface area contributed by atoms with Crippen LogP contribution in [0, 0.1) is 0 Å². The Bertz CT molecular complexity index is 1110. The van der Waals surface area contributed by atoms with Gasteiger partial charge in [-0.25, -0.2) is 9.97 Å². The van der Waals surface area contributed by atoms with E-state index in [1.165, 1.54) is 30.6 Å². The van der Waals surface area contributed by atoms with E-state index in [1.54, 1.807) is 0 Å². The van der Waals surface area contributed by atoms with Crippen LogP contribution in [0.5, 0.6) is 0 Å². The van der Waals surface area contributed by atoms with Gasteiger partial charge in [-0.05, 0) is 44.1 Å². The first kappa shape index (κ1) is 20.4. The molecule has 2 unspecified atom stereocenters. The number of anilines is 1. The van der Waals surface area contributed by atoms with Crippen LogP contribution in [0.4, 0.5) is 19.0 Å². The van der Waals surface area contributed by atoms with Crippen molar-refractivity contribution < 1.29 is 13.2 Å². The summed E-state index contributed by atoms with van der Waals surface area (Å²) in [6.07, 6.45) is 3.15.